The molecule has 0 saturated heterocycles. The van der Waals surface area contributed by atoms with E-state index in [-0.39, 0.29) is 0 Å². The highest BCUT2D eigenvalue weighted by atomic mass is 16.1. The van der Waals surface area contributed by atoms with Gasteiger partial charge in [0.25, 0.3) is 0 Å². The minimum absolute atomic E-state index is 0.360. The Bertz CT molecular complexity index is 737. The van der Waals surface area contributed by atoms with Crippen LogP contribution in [0, 0.1) is 0 Å². The molecule has 0 atom stereocenters. The van der Waals surface area contributed by atoms with Crippen molar-refractivity contribution >= 4 is 18.2 Å². The summed E-state index contributed by atoms with van der Waals surface area (Å²) < 4.78 is 0. The van der Waals surface area contributed by atoms with E-state index in [4.69, 9.17) is 5.73 Å². The lowest BCUT2D eigenvalue weighted by Crippen LogP contribution is -1.92. The van der Waals surface area contributed by atoms with E-state index >= 15 is 0 Å². The third-order valence-electron chi connectivity index (χ3n) is 3.58. The van der Waals surface area contributed by atoms with Gasteiger partial charge in [-0.15, -0.1) is 0 Å². The SMILES string of the molecule is CC(N)=CC=Nc1ccc(-c2ccc(C=O)cc2)cc1C(C)C. The first-order valence-electron chi connectivity index (χ1n) is 7.67. The van der Waals surface area contributed by atoms with Crippen LogP contribution in [0.2, 0.25) is 0 Å². The summed E-state index contributed by atoms with van der Waals surface area (Å²) in [4.78, 5) is 15.3. The fourth-order valence-electron chi connectivity index (χ4n) is 2.30. The molecule has 0 aliphatic heterocycles. The largest absolute Gasteiger partial charge is 0.402 e. The topological polar surface area (TPSA) is 55.4 Å². The number of hydrogen-bond donors (Lipinski definition) is 1. The second kappa shape index (κ2) is 7.54. The van der Waals surface area contributed by atoms with E-state index in [2.05, 4.69) is 24.9 Å². The first-order valence-corrected chi connectivity index (χ1v) is 7.67. The van der Waals surface area contributed by atoms with E-state index in [1.165, 1.54) is 5.56 Å². The molecule has 0 aromatic heterocycles. The maximum Gasteiger partial charge on any atom is 0.150 e. The van der Waals surface area contributed by atoms with Gasteiger partial charge in [-0.05, 0) is 47.7 Å². The summed E-state index contributed by atoms with van der Waals surface area (Å²) in [5.74, 6) is 0.360. The number of hydrogen-bond acceptors (Lipinski definition) is 3. The normalized spacial score (nSPS) is 12.1. The van der Waals surface area contributed by atoms with Crippen LogP contribution in [0.5, 0.6) is 0 Å². The summed E-state index contributed by atoms with van der Waals surface area (Å²) in [6, 6.07) is 13.8. The molecule has 3 nitrogen and oxygen atoms in total. The highest BCUT2D eigenvalue weighted by molar-refractivity contribution is 5.79. The number of benzene rings is 2. The highest BCUT2D eigenvalue weighted by Gasteiger charge is 2.08. The zero-order chi connectivity index (χ0) is 16.8. The van der Waals surface area contributed by atoms with Crippen molar-refractivity contribution in [1.82, 2.24) is 0 Å². The number of allylic oxidation sites excluding steroid dienone is 2. The maximum absolute atomic E-state index is 10.8. The molecule has 0 fully saturated rings. The molecule has 23 heavy (non-hydrogen) atoms. The van der Waals surface area contributed by atoms with Gasteiger partial charge in [0.1, 0.15) is 6.29 Å². The molecular weight excluding hydrogens is 284 g/mol. The Morgan fingerprint density at radius 3 is 2.30 bits per heavy atom. The number of nitrogens with zero attached hydrogens (tertiary/aromatic N) is 1. The first-order chi connectivity index (χ1) is 11.0. The molecule has 0 aliphatic rings. The predicted octanol–water partition coefficient (Wildman–Crippen LogP) is 4.85. The van der Waals surface area contributed by atoms with Crippen molar-refractivity contribution in [2.45, 2.75) is 26.7 Å². The van der Waals surface area contributed by atoms with Crippen molar-refractivity contribution in [3.8, 4) is 11.1 Å². The van der Waals surface area contributed by atoms with E-state index < -0.39 is 0 Å². The Labute approximate surface area is 137 Å². The number of carbonyl (C=O) groups excluding carboxylic acids is 1. The molecule has 2 N–H and O–H groups in total. The van der Waals surface area contributed by atoms with Crippen molar-refractivity contribution < 1.29 is 4.79 Å². The first kappa shape index (κ1) is 16.7. The maximum atomic E-state index is 10.8. The van der Waals surface area contributed by atoms with Crippen LogP contribution >= 0.6 is 0 Å². The standard InChI is InChI=1S/C20H22N2O/c1-14(2)19-12-18(17-6-4-16(13-23)5-7-17)8-9-20(19)22-11-10-15(3)21/h4-14H,21H2,1-3H3. The molecule has 0 bridgehead atoms. The monoisotopic (exact) mass is 306 g/mol. The van der Waals surface area contributed by atoms with E-state index in [0.717, 1.165) is 28.8 Å². The average molecular weight is 306 g/mol. The van der Waals surface area contributed by atoms with Crippen LogP contribution in [0.1, 0.15) is 42.6 Å². The van der Waals surface area contributed by atoms with Crippen LogP contribution in [0.15, 0.2) is 59.2 Å². The van der Waals surface area contributed by atoms with Crippen molar-refractivity contribution in [3.05, 3.63) is 65.4 Å². The third kappa shape index (κ3) is 4.39. The van der Waals surface area contributed by atoms with Gasteiger partial charge in [0.05, 0.1) is 5.69 Å². The Morgan fingerprint density at radius 1 is 1.09 bits per heavy atom. The Balaban J connectivity index is 2.40. The summed E-state index contributed by atoms with van der Waals surface area (Å²) in [7, 11) is 0. The summed E-state index contributed by atoms with van der Waals surface area (Å²) in [6.45, 7) is 6.14. The second-order valence-corrected chi connectivity index (χ2v) is 5.86. The molecule has 118 valence electrons. The molecular formula is C20H22N2O. The number of rotatable bonds is 5. The molecule has 0 amide bonds. The molecule has 3 heteroatoms. The summed E-state index contributed by atoms with van der Waals surface area (Å²) in [6.07, 6.45) is 4.37. The lowest BCUT2D eigenvalue weighted by atomic mass is 9.95. The van der Waals surface area contributed by atoms with Gasteiger partial charge in [-0.25, -0.2) is 0 Å². The van der Waals surface area contributed by atoms with Crippen molar-refractivity contribution in [1.29, 1.82) is 0 Å². The van der Waals surface area contributed by atoms with Crippen LogP contribution in [-0.4, -0.2) is 12.5 Å². The van der Waals surface area contributed by atoms with E-state index in [1.54, 1.807) is 12.3 Å². The smallest absolute Gasteiger partial charge is 0.150 e. The van der Waals surface area contributed by atoms with Crippen LogP contribution in [0.4, 0.5) is 5.69 Å². The lowest BCUT2D eigenvalue weighted by Gasteiger charge is -2.12. The van der Waals surface area contributed by atoms with Gasteiger partial charge in [0.2, 0.25) is 0 Å². The molecule has 2 aromatic carbocycles. The number of nitrogens with two attached hydrogens (primary N) is 1. The van der Waals surface area contributed by atoms with Gasteiger partial charge in [-0.3, -0.25) is 9.79 Å². The molecule has 2 rings (SSSR count). The van der Waals surface area contributed by atoms with Gasteiger partial charge in [0.15, 0.2) is 0 Å². The van der Waals surface area contributed by atoms with Crippen molar-refractivity contribution in [2.24, 2.45) is 10.7 Å². The van der Waals surface area contributed by atoms with Crippen LogP contribution in [-0.2, 0) is 0 Å². The molecule has 0 spiro atoms. The summed E-state index contributed by atoms with van der Waals surface area (Å²) in [5.41, 5.74) is 11.4. The van der Waals surface area contributed by atoms with Crippen LogP contribution < -0.4 is 5.73 Å². The number of aldehydes is 1. The van der Waals surface area contributed by atoms with E-state index in [9.17, 15) is 4.79 Å². The minimum atomic E-state index is 0.360. The molecule has 2 aromatic rings. The third-order valence-corrected chi connectivity index (χ3v) is 3.58. The molecule has 0 saturated carbocycles. The van der Waals surface area contributed by atoms with Crippen molar-refractivity contribution in [2.75, 3.05) is 0 Å². The zero-order valence-corrected chi connectivity index (χ0v) is 13.8. The number of aliphatic imine (C=N–C) groups is 1. The quantitative estimate of drug-likeness (QED) is 0.634. The molecule has 0 unspecified atom stereocenters. The van der Waals surface area contributed by atoms with Crippen LogP contribution in [0.25, 0.3) is 11.1 Å². The Kier molecular flexibility index (Phi) is 5.47. The van der Waals surface area contributed by atoms with Crippen molar-refractivity contribution in [3.63, 3.8) is 0 Å². The van der Waals surface area contributed by atoms with E-state index in [0.29, 0.717) is 11.5 Å². The van der Waals surface area contributed by atoms with Gasteiger partial charge in [-0.2, -0.15) is 0 Å². The van der Waals surface area contributed by atoms with E-state index in [1.807, 2.05) is 43.3 Å². The van der Waals surface area contributed by atoms with Gasteiger partial charge in [-0.1, -0.05) is 44.2 Å². The Hall–Kier alpha value is -2.68. The van der Waals surface area contributed by atoms with Gasteiger partial charge >= 0.3 is 0 Å². The zero-order valence-electron chi connectivity index (χ0n) is 13.8. The predicted molar refractivity (Wildman–Crippen MR) is 97.5 cm³/mol. The Morgan fingerprint density at radius 2 is 1.74 bits per heavy atom. The van der Waals surface area contributed by atoms with Crippen LogP contribution in [0.3, 0.4) is 0 Å². The molecule has 0 radical (unpaired) electrons. The lowest BCUT2D eigenvalue weighted by molar-refractivity contribution is 0.112. The summed E-state index contributed by atoms with van der Waals surface area (Å²) in [5, 5.41) is 0. The fourth-order valence-corrected chi connectivity index (χ4v) is 2.30. The average Bonchev–Trinajstić information content (AvgIpc) is 2.54. The molecule has 0 heterocycles. The fraction of sp³-hybridized carbons (Fsp3) is 0.200. The molecule has 0 aliphatic carbocycles. The second-order valence-electron chi connectivity index (χ2n) is 5.86. The number of carbonyl (C=O) groups is 1. The van der Waals surface area contributed by atoms with Gasteiger partial charge in [0, 0.05) is 17.5 Å². The summed E-state index contributed by atoms with van der Waals surface area (Å²) >= 11 is 0. The minimum Gasteiger partial charge on any atom is -0.402 e. The highest BCUT2D eigenvalue weighted by Crippen LogP contribution is 2.31. The van der Waals surface area contributed by atoms with Gasteiger partial charge < -0.3 is 5.73 Å².